The van der Waals surface area contributed by atoms with Gasteiger partial charge in [-0.05, 0) is 244 Å². The highest BCUT2D eigenvalue weighted by molar-refractivity contribution is 6.38. The van der Waals surface area contributed by atoms with Gasteiger partial charge in [-0.15, -0.1) is 0 Å². The van der Waals surface area contributed by atoms with Crippen LogP contribution in [0.2, 0.25) is 60.3 Å². The van der Waals surface area contributed by atoms with Crippen molar-refractivity contribution in [2.45, 2.75) is 203 Å². The van der Waals surface area contributed by atoms with Crippen LogP contribution in [0.25, 0.3) is 0 Å². The first-order valence-electron chi connectivity index (χ1n) is 44.8. The van der Waals surface area contributed by atoms with Crippen molar-refractivity contribution in [3.63, 3.8) is 0 Å². The Morgan fingerprint density at radius 1 is 0.298 bits per heavy atom. The molecular weight excluding hydrogens is 1820 g/mol. The number of ether oxygens (including phenoxy) is 2. The average Bonchev–Trinajstić information content (AvgIpc) is 0.896. The van der Waals surface area contributed by atoms with Gasteiger partial charge in [0, 0.05) is 156 Å². The number of anilines is 4. The molecule has 0 radical (unpaired) electrons. The minimum absolute atomic E-state index is 0.0454. The molecule has 10 aliphatic rings. The first kappa shape index (κ1) is 94.6. The Balaban J connectivity index is 0.000000128. The summed E-state index contributed by atoms with van der Waals surface area (Å²) >= 11 is 75.6. The molecule has 5 saturated heterocycles. The molecule has 8 aromatic rings. The van der Waals surface area contributed by atoms with Crippen LogP contribution in [-0.2, 0) is 9.47 Å². The van der Waals surface area contributed by atoms with Crippen molar-refractivity contribution in [1.29, 1.82) is 0 Å². The maximum Gasteiger partial charge on any atom is 0.391 e. The van der Waals surface area contributed by atoms with Crippen LogP contribution in [0, 0.1) is 29.1 Å². The minimum Gasteiger partial charge on any atom is -0.361 e. The number of alkyl halides is 3. The van der Waals surface area contributed by atoms with Gasteiger partial charge in [-0.25, -0.2) is 0 Å². The monoisotopic (exact) mass is 1920 g/mol. The molecule has 124 heavy (non-hydrogen) atoms. The lowest BCUT2D eigenvalue weighted by Gasteiger charge is -2.49. The van der Waals surface area contributed by atoms with Crippen LogP contribution in [0.1, 0.15) is 189 Å². The molecule has 10 fully saturated rings. The molecule has 5 aliphatic carbocycles. The largest absolute Gasteiger partial charge is 0.391 e. The Hall–Kier alpha value is -4.01. The Morgan fingerprint density at radius 2 is 0.605 bits per heavy atom. The van der Waals surface area contributed by atoms with E-state index in [9.17, 15) is 13.2 Å². The van der Waals surface area contributed by atoms with Gasteiger partial charge in [-0.1, -0.05) is 241 Å². The summed E-state index contributed by atoms with van der Waals surface area (Å²) in [6.45, 7) is 19.6. The van der Waals surface area contributed by atoms with Gasteiger partial charge >= 0.3 is 6.18 Å². The highest BCUT2D eigenvalue weighted by Crippen LogP contribution is 2.50. The van der Waals surface area contributed by atoms with Gasteiger partial charge < -0.3 is 29.1 Å². The van der Waals surface area contributed by atoms with Crippen molar-refractivity contribution in [1.82, 2.24) is 19.6 Å². The molecule has 10 nitrogen and oxygen atoms in total. The topological polar surface area (TPSA) is 44.4 Å². The van der Waals surface area contributed by atoms with Crippen LogP contribution in [0.3, 0.4) is 0 Å². The Kier molecular flexibility index (Phi) is 32.6. The highest BCUT2D eigenvalue weighted by atomic mass is 35.5. The third kappa shape index (κ3) is 23.7. The zero-order valence-corrected chi connectivity index (χ0v) is 80.1. The van der Waals surface area contributed by atoms with Gasteiger partial charge in [-0.2, -0.15) is 13.2 Å². The second-order valence-corrected chi connectivity index (χ2v) is 42.1. The molecule has 0 N–H and O–H groups in total. The number of halogens is 15. The van der Waals surface area contributed by atoms with Crippen molar-refractivity contribution in [2.75, 3.05) is 111 Å². The predicted octanol–water partition coefficient (Wildman–Crippen LogP) is 29.8. The lowest BCUT2D eigenvalue weighted by atomic mass is 9.69. The fraction of sp³-hybridized carbons (Fsp3) is 0.515. The van der Waals surface area contributed by atoms with E-state index >= 15 is 0 Å². The van der Waals surface area contributed by atoms with E-state index in [1.54, 1.807) is 6.07 Å². The van der Waals surface area contributed by atoms with E-state index in [0.717, 1.165) is 176 Å². The molecule has 668 valence electrons. The first-order valence-corrected chi connectivity index (χ1v) is 49.3. The van der Waals surface area contributed by atoms with Crippen LogP contribution < -0.4 is 19.6 Å². The van der Waals surface area contributed by atoms with E-state index < -0.39 is 12.1 Å². The molecule has 25 heteroatoms. The number of rotatable bonds is 12. The molecule has 5 aliphatic heterocycles. The lowest BCUT2D eigenvalue weighted by molar-refractivity contribution is -0.187. The summed E-state index contributed by atoms with van der Waals surface area (Å²) in [4.78, 5) is 19.9. The summed E-state index contributed by atoms with van der Waals surface area (Å²) in [5, 5.41) is 8.22. The normalized spacial score (nSPS) is 26.4. The fourth-order valence-electron chi connectivity index (χ4n) is 21.9. The predicted molar refractivity (Wildman–Crippen MR) is 515 cm³/mol. The molecule has 1 spiro atoms. The van der Waals surface area contributed by atoms with Gasteiger partial charge in [0.15, 0.2) is 5.79 Å². The summed E-state index contributed by atoms with van der Waals surface area (Å²) in [7, 11) is 0. The second kappa shape index (κ2) is 42.7. The third-order valence-electron chi connectivity index (χ3n) is 28.7. The Labute approximate surface area is 793 Å². The standard InChI is InChI=1S/C26H31Cl3N2.C26H33Cl3N2.C24H27Cl3N2O2.C23H24Cl3F3N2/c27-21-8-5-19(6-9-21)26-17-30(23-11-7-18-3-1-2-4-20(18)15-23)13-14-31(26)25-12-10-22(28)16-24(25)29;1-26(2,3)19-6-11-22(12-7-19)30-14-15-31(24-13-10-21(28)16-23(24)29)25(17-30)18-4-8-20(27)9-5-18;25-18-3-1-17(2-4-18)23-16-28(20-7-9-24(10-8-20)30-13-14-31-24)11-12-29(23)22-6-5-19(26)15-21(22)27;24-17-6-4-15(5-7-17)22-14-30(19-3-1-2-16(12-19)23(27,28)29)10-11-31(22)21-9-8-18(25)13-20(21)26/h5-6,8-10,12,16,18,20,23,26H,1-4,7,11,13-15,17H2;4-5,8-10,13,16,19,22,25H,6-7,11-12,14-15,17H2,1-3H3;1-6,15,20,23H,7-14,16H2;4-9,13,16,19,22H,1-3,10-12,14H2. The number of hydrogen-bond donors (Lipinski definition) is 0. The number of fused-ring (bicyclic) bond motifs is 1. The van der Waals surface area contributed by atoms with Crippen LogP contribution in [0.4, 0.5) is 35.9 Å². The summed E-state index contributed by atoms with van der Waals surface area (Å²) in [5.41, 5.74) is 9.33. The van der Waals surface area contributed by atoms with Gasteiger partial charge in [0.2, 0.25) is 0 Å². The molecule has 0 aromatic heterocycles. The summed E-state index contributed by atoms with van der Waals surface area (Å²) in [6, 6.07) is 57.9. The molecular formula is C99H115Cl12F3N8O2. The van der Waals surface area contributed by atoms with E-state index in [-0.39, 0.29) is 48.8 Å². The van der Waals surface area contributed by atoms with Crippen molar-refractivity contribution < 1.29 is 22.6 Å². The van der Waals surface area contributed by atoms with Crippen molar-refractivity contribution in [3.05, 3.63) is 252 Å². The van der Waals surface area contributed by atoms with Crippen molar-refractivity contribution in [2.24, 2.45) is 29.1 Å². The zero-order valence-electron chi connectivity index (χ0n) is 71.0. The van der Waals surface area contributed by atoms with Gasteiger partial charge in [-0.3, -0.25) is 19.6 Å². The SMILES string of the molecule is CC(C)(C)C1CCC(N2CCN(c3ccc(Cl)cc3Cl)C(c3ccc(Cl)cc3)C2)CC1.Clc1ccc(C2CN(C3CCC4(CC3)OCCO4)CCN2c2ccc(Cl)cc2Cl)cc1.Clc1ccc(C2CN(C3CCC4CCCCC4C3)CCN2c2ccc(Cl)cc2Cl)cc1.FC(F)(F)C1CCCC(N2CCN(c3ccc(Cl)cc3Cl)C(c3ccc(Cl)cc3)C2)C1. The number of hydrogen-bond acceptors (Lipinski definition) is 10. The maximum atomic E-state index is 13.4. The van der Waals surface area contributed by atoms with E-state index in [1.807, 2.05) is 115 Å². The molecule has 8 aromatic carbocycles. The number of nitrogens with zero attached hydrogens (tertiary/aromatic N) is 8. The molecule has 0 amide bonds. The fourth-order valence-corrected chi connectivity index (χ4v) is 24.5. The maximum absolute atomic E-state index is 13.4. The average molecular weight is 1930 g/mol. The van der Waals surface area contributed by atoms with Gasteiger partial charge in [0.1, 0.15) is 0 Å². The first-order chi connectivity index (χ1) is 59.5. The van der Waals surface area contributed by atoms with Gasteiger partial charge in [0.25, 0.3) is 0 Å². The summed E-state index contributed by atoms with van der Waals surface area (Å²) < 4.78 is 51.9. The molecule has 9 atom stereocenters. The molecule has 0 bridgehead atoms. The molecule has 5 heterocycles. The van der Waals surface area contributed by atoms with Crippen LogP contribution in [0.5, 0.6) is 0 Å². The minimum atomic E-state index is -4.12. The Bertz CT molecular complexity index is 4800. The summed E-state index contributed by atoms with van der Waals surface area (Å²) in [5.74, 6) is 1.26. The van der Waals surface area contributed by atoms with E-state index in [2.05, 4.69) is 109 Å². The number of piperazine rings is 4. The quantitative estimate of drug-likeness (QED) is 0.118. The number of benzene rings is 8. The summed E-state index contributed by atoms with van der Waals surface area (Å²) in [6.07, 6.45) is 17.1. The van der Waals surface area contributed by atoms with E-state index in [4.69, 9.17) is 149 Å². The smallest absolute Gasteiger partial charge is 0.361 e. The van der Waals surface area contributed by atoms with Crippen LogP contribution in [-0.4, -0.2) is 147 Å². The van der Waals surface area contributed by atoms with Crippen LogP contribution >= 0.6 is 139 Å². The molecule has 18 rings (SSSR count). The molecule has 9 unspecified atom stereocenters. The second-order valence-electron chi connectivity index (χ2n) is 36.9. The highest BCUT2D eigenvalue weighted by Gasteiger charge is 2.47. The lowest BCUT2D eigenvalue weighted by Crippen LogP contribution is -2.54. The van der Waals surface area contributed by atoms with Crippen LogP contribution in [0.15, 0.2) is 170 Å². The van der Waals surface area contributed by atoms with Crippen molar-refractivity contribution >= 4 is 162 Å². The third-order valence-corrected chi connectivity index (χ3v) is 31.8. The Morgan fingerprint density at radius 3 is 0.935 bits per heavy atom. The van der Waals surface area contributed by atoms with Crippen molar-refractivity contribution in [3.8, 4) is 0 Å². The molecule has 5 saturated carbocycles. The van der Waals surface area contributed by atoms with E-state index in [1.165, 1.54) is 87.3 Å². The zero-order chi connectivity index (χ0) is 87.1. The van der Waals surface area contributed by atoms with Gasteiger partial charge in [0.05, 0.1) is 86.1 Å². The van der Waals surface area contributed by atoms with E-state index in [0.29, 0.717) is 83.7 Å².